The van der Waals surface area contributed by atoms with Crippen LogP contribution < -0.4 is 15.4 Å². The molecule has 0 fully saturated rings. The second-order valence-electron chi connectivity index (χ2n) is 10.0. The van der Waals surface area contributed by atoms with E-state index < -0.39 is 21.7 Å². The summed E-state index contributed by atoms with van der Waals surface area (Å²) < 4.78 is 38.3. The first kappa shape index (κ1) is 29.1. The minimum Gasteiger partial charge on any atom is -0.506 e. The van der Waals surface area contributed by atoms with Crippen LogP contribution >= 0.6 is 0 Å². The third-order valence-corrected chi connectivity index (χ3v) is 6.47. The van der Waals surface area contributed by atoms with Gasteiger partial charge in [0.1, 0.15) is 11.6 Å². The summed E-state index contributed by atoms with van der Waals surface area (Å²) >= 11 is 0. The number of aromatic hydroxyl groups is 1. The molecule has 0 radical (unpaired) electrons. The summed E-state index contributed by atoms with van der Waals surface area (Å²) in [6, 6.07) is 18.0. The predicted octanol–water partition coefficient (Wildman–Crippen LogP) is 3.41. The molecule has 3 aromatic rings. The van der Waals surface area contributed by atoms with Crippen LogP contribution in [0.4, 0.5) is 10.1 Å². The summed E-state index contributed by atoms with van der Waals surface area (Å²) in [5, 5.41) is 26.8. The Morgan fingerprint density at radius 1 is 1.00 bits per heavy atom. The van der Waals surface area contributed by atoms with E-state index in [2.05, 4.69) is 15.4 Å². The third kappa shape index (κ3) is 9.44. The molecule has 1 amide bonds. The van der Waals surface area contributed by atoms with Gasteiger partial charge in [-0.2, -0.15) is 0 Å². The highest BCUT2D eigenvalue weighted by atomic mass is 32.2. The summed E-state index contributed by atoms with van der Waals surface area (Å²) in [5.74, 6) is -0.686. The molecule has 10 heteroatoms. The fraction of sp³-hybridized carbons (Fsp3) is 0.321. The normalized spacial score (nSPS) is 12.7. The number of halogens is 1. The van der Waals surface area contributed by atoms with Gasteiger partial charge >= 0.3 is 0 Å². The quantitative estimate of drug-likeness (QED) is 0.223. The van der Waals surface area contributed by atoms with Crippen molar-refractivity contribution in [2.24, 2.45) is 0 Å². The number of hydrogen-bond donors (Lipinski definition) is 5. The number of anilines is 1. The van der Waals surface area contributed by atoms with E-state index in [0.29, 0.717) is 18.5 Å². The lowest BCUT2D eigenvalue weighted by atomic mass is 9.93. The molecule has 0 bridgehead atoms. The highest BCUT2D eigenvalue weighted by Crippen LogP contribution is 2.28. The van der Waals surface area contributed by atoms with Crippen molar-refractivity contribution in [1.82, 2.24) is 10.6 Å². The second kappa shape index (κ2) is 12.4. The molecule has 0 aliphatic carbocycles. The zero-order valence-electron chi connectivity index (χ0n) is 21.7. The smallest absolute Gasteiger partial charge is 0.229 e. The number of nitrogens with one attached hydrogen (secondary N) is 3. The number of phenolic OH excluding ortho intramolecular Hbond substituents is 1. The zero-order chi connectivity index (χ0) is 27.9. The molecule has 0 spiro atoms. The van der Waals surface area contributed by atoms with Gasteiger partial charge in [0.2, 0.25) is 15.9 Å². The molecule has 5 N–H and O–H groups in total. The predicted molar refractivity (Wildman–Crippen MR) is 146 cm³/mol. The van der Waals surface area contributed by atoms with Crippen molar-refractivity contribution in [2.75, 3.05) is 17.5 Å². The van der Waals surface area contributed by atoms with Crippen molar-refractivity contribution in [2.45, 2.75) is 44.9 Å². The van der Waals surface area contributed by atoms with Crippen LogP contribution in [0.3, 0.4) is 0 Å². The molecule has 3 aromatic carbocycles. The van der Waals surface area contributed by atoms with Crippen molar-refractivity contribution >= 4 is 21.6 Å². The fourth-order valence-electron chi connectivity index (χ4n) is 4.01. The van der Waals surface area contributed by atoms with Gasteiger partial charge in [-0.1, -0.05) is 42.5 Å². The number of carbonyl (C=O) groups is 1. The van der Waals surface area contributed by atoms with Gasteiger partial charge in [-0.05, 0) is 66.8 Å². The molecule has 0 heterocycles. The van der Waals surface area contributed by atoms with Crippen molar-refractivity contribution in [1.29, 1.82) is 0 Å². The molecule has 38 heavy (non-hydrogen) atoms. The maximum Gasteiger partial charge on any atom is 0.229 e. The van der Waals surface area contributed by atoms with E-state index in [1.54, 1.807) is 12.1 Å². The number of aliphatic hydroxyl groups is 1. The number of rotatable bonds is 12. The van der Waals surface area contributed by atoms with E-state index >= 15 is 0 Å². The van der Waals surface area contributed by atoms with Crippen molar-refractivity contribution in [3.63, 3.8) is 0 Å². The molecule has 3 rings (SSSR count). The minimum atomic E-state index is -3.59. The summed E-state index contributed by atoms with van der Waals surface area (Å²) in [7, 11) is -3.59. The highest BCUT2D eigenvalue weighted by molar-refractivity contribution is 7.92. The van der Waals surface area contributed by atoms with Crippen LogP contribution in [-0.4, -0.2) is 42.9 Å². The number of benzene rings is 3. The number of aliphatic hydroxyl groups excluding tert-OH is 1. The van der Waals surface area contributed by atoms with E-state index in [-0.39, 0.29) is 36.1 Å². The topological polar surface area (TPSA) is 128 Å². The summed E-state index contributed by atoms with van der Waals surface area (Å²) in [6.07, 6.45) is 0.883. The van der Waals surface area contributed by atoms with Crippen LogP contribution in [0.1, 0.15) is 42.2 Å². The van der Waals surface area contributed by atoms with Gasteiger partial charge in [-0.15, -0.1) is 0 Å². The molecule has 204 valence electrons. The summed E-state index contributed by atoms with van der Waals surface area (Å²) in [4.78, 5) is 12.4. The Labute approximate surface area is 223 Å². The maximum absolute atomic E-state index is 13.0. The van der Waals surface area contributed by atoms with Crippen LogP contribution in [0.15, 0.2) is 66.7 Å². The van der Waals surface area contributed by atoms with Gasteiger partial charge in [-0.25, -0.2) is 12.8 Å². The molecule has 0 aliphatic rings. The molecule has 0 aromatic heterocycles. The van der Waals surface area contributed by atoms with Crippen molar-refractivity contribution in [3.05, 3.63) is 94.8 Å². The fourth-order valence-corrected chi connectivity index (χ4v) is 4.57. The van der Waals surface area contributed by atoms with Crippen LogP contribution in [0, 0.1) is 5.82 Å². The van der Waals surface area contributed by atoms with E-state index in [4.69, 9.17) is 0 Å². The average Bonchev–Trinajstić information content (AvgIpc) is 2.83. The Morgan fingerprint density at radius 2 is 1.68 bits per heavy atom. The monoisotopic (exact) mass is 543 g/mol. The van der Waals surface area contributed by atoms with E-state index in [1.165, 1.54) is 30.3 Å². The molecular formula is C28H34FN3O5S. The molecular weight excluding hydrogens is 509 g/mol. The van der Waals surface area contributed by atoms with Crippen molar-refractivity contribution < 1.29 is 27.8 Å². The van der Waals surface area contributed by atoms with Gasteiger partial charge in [0.15, 0.2) is 0 Å². The third-order valence-electron chi connectivity index (χ3n) is 5.88. The van der Waals surface area contributed by atoms with E-state index in [1.807, 2.05) is 38.1 Å². The Balaban J connectivity index is 1.54. The number of amides is 1. The summed E-state index contributed by atoms with van der Waals surface area (Å²) in [5.41, 5.74) is 2.75. The lowest BCUT2D eigenvalue weighted by molar-refractivity contribution is -0.120. The first-order valence-electron chi connectivity index (χ1n) is 12.1. The Kier molecular flexibility index (Phi) is 9.48. The van der Waals surface area contributed by atoms with E-state index in [9.17, 15) is 27.8 Å². The molecule has 0 saturated heterocycles. The van der Waals surface area contributed by atoms with Crippen molar-refractivity contribution in [3.8, 4) is 5.75 Å². The number of hydrogen-bond acceptors (Lipinski definition) is 6. The minimum absolute atomic E-state index is 0.00169. The first-order chi connectivity index (χ1) is 17.8. The number of sulfonamides is 1. The van der Waals surface area contributed by atoms with Crippen LogP contribution in [0.2, 0.25) is 0 Å². The first-order valence-corrected chi connectivity index (χ1v) is 14.0. The molecule has 0 saturated carbocycles. The average molecular weight is 544 g/mol. The highest BCUT2D eigenvalue weighted by Gasteiger charge is 2.21. The number of carbonyl (C=O) groups excluding carboxylic acids is 1. The van der Waals surface area contributed by atoms with Gasteiger partial charge in [-0.3, -0.25) is 9.52 Å². The van der Waals surface area contributed by atoms with Gasteiger partial charge in [0.05, 0.1) is 24.5 Å². The largest absolute Gasteiger partial charge is 0.506 e. The SMILES string of the molecule is CC(C)(Cc1cccc(CC(=O)NCc2ccc(F)cc2)c1)NC[C@H](O)c1ccc(O)c(NS(C)(=O)=O)c1. The maximum atomic E-state index is 13.0. The van der Waals surface area contributed by atoms with Gasteiger partial charge in [0.25, 0.3) is 0 Å². The van der Waals surface area contributed by atoms with Gasteiger partial charge < -0.3 is 20.8 Å². The molecule has 1 atom stereocenters. The Morgan fingerprint density at radius 3 is 2.37 bits per heavy atom. The molecule has 0 unspecified atom stereocenters. The Hall–Kier alpha value is -3.47. The standard InChI is InChI=1S/C28H34FN3O5S/c1-28(2,31-18-26(34)22-9-12-25(33)24(15-22)32-38(3,36)37)16-21-6-4-5-20(13-21)14-27(35)30-17-19-7-10-23(29)11-8-19/h4-13,15,26,31-34H,14,16-18H2,1-3H3,(H,30,35)/t26-/m0/s1. The number of β-amino-alcohol motifs (C(OH)–C–C–N with tert-alkyl or cyclic N) is 1. The van der Waals surface area contributed by atoms with Crippen LogP contribution in [-0.2, 0) is 34.2 Å². The lowest BCUT2D eigenvalue weighted by Crippen LogP contribution is -2.43. The summed E-state index contributed by atoms with van der Waals surface area (Å²) in [6.45, 7) is 4.51. The number of phenols is 1. The van der Waals surface area contributed by atoms with Gasteiger partial charge in [0, 0.05) is 18.6 Å². The molecule has 0 aliphatic heterocycles. The zero-order valence-corrected chi connectivity index (χ0v) is 22.5. The lowest BCUT2D eigenvalue weighted by Gasteiger charge is -2.28. The molecule has 8 nitrogen and oxygen atoms in total. The van der Waals surface area contributed by atoms with Crippen LogP contribution in [0.25, 0.3) is 0 Å². The van der Waals surface area contributed by atoms with E-state index in [0.717, 1.165) is 22.9 Å². The van der Waals surface area contributed by atoms with Crippen LogP contribution in [0.5, 0.6) is 5.75 Å². The second-order valence-corrected chi connectivity index (χ2v) is 11.8. The Bertz CT molecular complexity index is 1360.